The van der Waals surface area contributed by atoms with Gasteiger partial charge in [-0.25, -0.2) is 4.79 Å². The van der Waals surface area contributed by atoms with Crippen LogP contribution in [0.2, 0.25) is 0 Å². The Balaban J connectivity index is 1.54. The van der Waals surface area contributed by atoms with Crippen LogP contribution < -0.4 is 5.32 Å². The average Bonchev–Trinajstić information content (AvgIpc) is 3.17. The van der Waals surface area contributed by atoms with Crippen LogP contribution in [-0.2, 0) is 27.5 Å². The van der Waals surface area contributed by atoms with Crippen LogP contribution in [0.25, 0.3) is 0 Å². The van der Waals surface area contributed by atoms with Gasteiger partial charge in [-0.3, -0.25) is 4.79 Å². The van der Waals surface area contributed by atoms with E-state index in [1.807, 2.05) is 74.5 Å². The molecular formula is C25H32N2O5. The second-order valence-electron chi connectivity index (χ2n) is 8.53. The molecule has 1 saturated heterocycles. The van der Waals surface area contributed by atoms with Crippen molar-refractivity contribution in [2.24, 2.45) is 5.92 Å². The van der Waals surface area contributed by atoms with Crippen molar-refractivity contribution < 1.29 is 24.2 Å². The number of nitrogens with one attached hydrogen (secondary N) is 1. The molecule has 2 aromatic carbocycles. The molecule has 1 aliphatic heterocycles. The minimum atomic E-state index is -0.771. The lowest BCUT2D eigenvalue weighted by atomic mass is 10.0. The first kappa shape index (κ1) is 23.8. The molecule has 7 heteroatoms. The summed E-state index contributed by atoms with van der Waals surface area (Å²) in [6.07, 6.45) is -1.40. The predicted molar refractivity (Wildman–Crippen MR) is 121 cm³/mol. The predicted octanol–water partition coefficient (Wildman–Crippen LogP) is 3.12. The number of rotatable bonds is 9. The number of aliphatic hydroxyl groups is 1. The minimum absolute atomic E-state index is 0.132. The number of aliphatic hydroxyl groups excluding tert-OH is 1. The van der Waals surface area contributed by atoms with Crippen LogP contribution >= 0.6 is 0 Å². The van der Waals surface area contributed by atoms with Gasteiger partial charge in [0.15, 0.2) is 0 Å². The monoisotopic (exact) mass is 440 g/mol. The SMILES string of the molecule is CC(C)C[C@H](NC(=O)OCc1ccccc1)C(=O)N1CC(O)C(OCc2ccccc2)C1. The Kier molecular flexibility index (Phi) is 8.64. The Morgan fingerprint density at radius 1 is 1.00 bits per heavy atom. The molecule has 0 bridgehead atoms. The van der Waals surface area contributed by atoms with Crippen LogP contribution in [0.5, 0.6) is 0 Å². The second kappa shape index (κ2) is 11.6. The van der Waals surface area contributed by atoms with Gasteiger partial charge in [0.1, 0.15) is 18.8 Å². The number of carbonyl (C=O) groups excluding carboxylic acids is 2. The molecule has 0 spiro atoms. The van der Waals surface area contributed by atoms with Crippen molar-refractivity contribution in [2.75, 3.05) is 13.1 Å². The number of hydrogen-bond acceptors (Lipinski definition) is 5. The summed E-state index contributed by atoms with van der Waals surface area (Å²) in [7, 11) is 0. The van der Waals surface area contributed by atoms with E-state index in [2.05, 4.69) is 5.32 Å². The van der Waals surface area contributed by atoms with E-state index in [1.165, 1.54) is 0 Å². The van der Waals surface area contributed by atoms with Gasteiger partial charge in [-0.15, -0.1) is 0 Å². The molecule has 3 rings (SSSR count). The number of amides is 2. The number of hydrogen-bond donors (Lipinski definition) is 2. The van der Waals surface area contributed by atoms with Crippen molar-refractivity contribution in [3.05, 3.63) is 71.8 Å². The average molecular weight is 441 g/mol. The summed E-state index contributed by atoms with van der Waals surface area (Å²) in [6, 6.07) is 18.3. The summed E-state index contributed by atoms with van der Waals surface area (Å²) in [5.41, 5.74) is 1.88. The molecule has 172 valence electrons. The highest BCUT2D eigenvalue weighted by Crippen LogP contribution is 2.18. The van der Waals surface area contributed by atoms with Crippen molar-refractivity contribution in [2.45, 2.75) is 51.7 Å². The zero-order chi connectivity index (χ0) is 22.9. The molecule has 0 saturated carbocycles. The number of β-amino-alcohol motifs (C(OH)–C–C–N with tert-alkyl or cyclic N) is 1. The van der Waals surface area contributed by atoms with Gasteiger partial charge in [-0.05, 0) is 23.5 Å². The smallest absolute Gasteiger partial charge is 0.408 e. The highest BCUT2D eigenvalue weighted by atomic mass is 16.5. The van der Waals surface area contributed by atoms with Crippen LogP contribution in [0.4, 0.5) is 4.79 Å². The molecule has 32 heavy (non-hydrogen) atoms. The molecule has 1 heterocycles. The maximum absolute atomic E-state index is 13.1. The van der Waals surface area contributed by atoms with E-state index in [9.17, 15) is 14.7 Å². The second-order valence-corrected chi connectivity index (χ2v) is 8.53. The minimum Gasteiger partial charge on any atom is -0.445 e. The standard InChI is InChI=1S/C25H32N2O5/c1-18(2)13-21(26-25(30)32-17-20-11-7-4-8-12-20)24(29)27-14-22(28)23(15-27)31-16-19-9-5-3-6-10-19/h3-12,18,21-23,28H,13-17H2,1-2H3,(H,26,30)/t21-,22?,23?/m0/s1. The van der Waals surface area contributed by atoms with Crippen molar-refractivity contribution >= 4 is 12.0 Å². The van der Waals surface area contributed by atoms with Gasteiger partial charge in [0.2, 0.25) is 5.91 Å². The molecule has 2 unspecified atom stereocenters. The quantitative estimate of drug-likeness (QED) is 0.626. The summed E-state index contributed by atoms with van der Waals surface area (Å²) >= 11 is 0. The van der Waals surface area contributed by atoms with Crippen molar-refractivity contribution in [1.29, 1.82) is 0 Å². The molecule has 3 atom stereocenters. The van der Waals surface area contributed by atoms with Gasteiger partial charge in [-0.1, -0.05) is 74.5 Å². The zero-order valence-corrected chi connectivity index (χ0v) is 18.6. The fourth-order valence-electron chi connectivity index (χ4n) is 3.70. The number of benzene rings is 2. The van der Waals surface area contributed by atoms with Gasteiger partial charge in [0.05, 0.1) is 12.7 Å². The maximum atomic E-state index is 13.1. The van der Waals surface area contributed by atoms with Gasteiger partial charge in [0, 0.05) is 13.1 Å². The number of ether oxygens (including phenoxy) is 2. The third-order valence-electron chi connectivity index (χ3n) is 5.37. The first-order valence-corrected chi connectivity index (χ1v) is 11.0. The Hall–Kier alpha value is -2.90. The lowest BCUT2D eigenvalue weighted by Crippen LogP contribution is -2.49. The van der Waals surface area contributed by atoms with Crippen LogP contribution in [0, 0.1) is 5.92 Å². The Labute approximate surface area is 189 Å². The molecule has 2 aromatic rings. The van der Waals surface area contributed by atoms with E-state index in [0.717, 1.165) is 11.1 Å². The number of nitrogens with zero attached hydrogens (tertiary/aromatic N) is 1. The zero-order valence-electron chi connectivity index (χ0n) is 18.6. The third-order valence-corrected chi connectivity index (χ3v) is 5.37. The first-order chi connectivity index (χ1) is 15.4. The lowest BCUT2D eigenvalue weighted by Gasteiger charge is -2.25. The van der Waals surface area contributed by atoms with E-state index in [-0.39, 0.29) is 31.5 Å². The van der Waals surface area contributed by atoms with Gasteiger partial charge in [0.25, 0.3) is 0 Å². The topological polar surface area (TPSA) is 88.1 Å². The van der Waals surface area contributed by atoms with Crippen molar-refractivity contribution in [3.8, 4) is 0 Å². The summed E-state index contributed by atoms with van der Waals surface area (Å²) in [6.45, 7) is 4.93. The largest absolute Gasteiger partial charge is 0.445 e. The molecule has 0 aromatic heterocycles. The summed E-state index contributed by atoms with van der Waals surface area (Å²) in [4.78, 5) is 27.0. The van der Waals surface area contributed by atoms with E-state index >= 15 is 0 Å². The van der Waals surface area contributed by atoms with E-state index < -0.39 is 24.3 Å². The fraction of sp³-hybridized carbons (Fsp3) is 0.440. The van der Waals surface area contributed by atoms with Crippen molar-refractivity contribution in [1.82, 2.24) is 10.2 Å². The number of likely N-dealkylation sites (tertiary alicyclic amines) is 1. The van der Waals surface area contributed by atoms with E-state index in [0.29, 0.717) is 13.0 Å². The maximum Gasteiger partial charge on any atom is 0.408 e. The Morgan fingerprint density at radius 2 is 1.59 bits per heavy atom. The van der Waals surface area contributed by atoms with Gasteiger partial charge < -0.3 is 24.8 Å². The molecule has 2 amide bonds. The highest BCUT2D eigenvalue weighted by Gasteiger charge is 2.38. The highest BCUT2D eigenvalue weighted by molar-refractivity contribution is 5.86. The van der Waals surface area contributed by atoms with Crippen molar-refractivity contribution in [3.63, 3.8) is 0 Å². The normalized spacial score (nSPS) is 19.1. The third kappa shape index (κ3) is 7.07. The van der Waals surface area contributed by atoms with Crippen LogP contribution in [0.1, 0.15) is 31.4 Å². The molecule has 0 radical (unpaired) electrons. The van der Waals surface area contributed by atoms with Gasteiger partial charge >= 0.3 is 6.09 Å². The van der Waals surface area contributed by atoms with E-state index in [4.69, 9.17) is 9.47 Å². The van der Waals surface area contributed by atoms with Crippen LogP contribution in [-0.4, -0.2) is 53.3 Å². The number of carbonyl (C=O) groups is 2. The molecular weight excluding hydrogens is 408 g/mol. The summed E-state index contributed by atoms with van der Waals surface area (Å²) in [5, 5.41) is 13.1. The molecule has 2 N–H and O–H groups in total. The van der Waals surface area contributed by atoms with Crippen LogP contribution in [0.3, 0.4) is 0 Å². The molecule has 1 fully saturated rings. The summed E-state index contributed by atoms with van der Waals surface area (Å²) < 4.78 is 11.1. The fourth-order valence-corrected chi connectivity index (χ4v) is 3.70. The van der Waals surface area contributed by atoms with Crippen LogP contribution in [0.15, 0.2) is 60.7 Å². The molecule has 1 aliphatic rings. The lowest BCUT2D eigenvalue weighted by molar-refractivity contribution is -0.133. The van der Waals surface area contributed by atoms with E-state index in [1.54, 1.807) is 4.90 Å². The number of alkyl carbamates (subject to hydrolysis) is 1. The Bertz CT molecular complexity index is 859. The van der Waals surface area contributed by atoms with Gasteiger partial charge in [-0.2, -0.15) is 0 Å². The summed E-state index contributed by atoms with van der Waals surface area (Å²) in [5.74, 6) is -0.0451. The molecule has 7 nitrogen and oxygen atoms in total. The molecule has 0 aliphatic carbocycles. The first-order valence-electron chi connectivity index (χ1n) is 11.0. The Morgan fingerprint density at radius 3 is 2.19 bits per heavy atom.